The predicted octanol–water partition coefficient (Wildman–Crippen LogP) is 3.01. The van der Waals surface area contributed by atoms with Crippen molar-refractivity contribution < 1.29 is 23.9 Å². The number of carbonyl (C=O) groups excluding carboxylic acids is 1. The summed E-state index contributed by atoms with van der Waals surface area (Å²) in [5.74, 6) is 1.36. The highest BCUT2D eigenvalue weighted by Gasteiger charge is 2.28. The molecule has 0 aromatic heterocycles. The van der Waals surface area contributed by atoms with Crippen LogP contribution in [-0.4, -0.2) is 49.6 Å². The van der Waals surface area contributed by atoms with E-state index in [1.807, 2.05) is 17.0 Å². The molecule has 9 nitrogen and oxygen atoms in total. The number of benzene rings is 2. The highest BCUT2D eigenvalue weighted by Crippen LogP contribution is 2.34. The molecule has 1 aliphatic heterocycles. The summed E-state index contributed by atoms with van der Waals surface area (Å²) in [5.41, 5.74) is 2.15. The maximum Gasteiger partial charge on any atom is 0.296 e. The smallest absolute Gasteiger partial charge is 0.296 e. The van der Waals surface area contributed by atoms with Gasteiger partial charge >= 0.3 is 0 Å². The third kappa shape index (κ3) is 4.30. The summed E-state index contributed by atoms with van der Waals surface area (Å²) in [5, 5.41) is 14.0. The molecule has 0 fully saturated rings. The lowest BCUT2D eigenvalue weighted by atomic mass is 9.97. The van der Waals surface area contributed by atoms with Gasteiger partial charge in [-0.2, -0.15) is 0 Å². The first-order valence-corrected chi connectivity index (χ1v) is 9.49. The minimum absolute atomic E-state index is 0.140. The fourth-order valence-electron chi connectivity index (χ4n) is 3.53. The molecule has 1 N–H and O–H groups in total. The molecule has 0 saturated heterocycles. The Morgan fingerprint density at radius 2 is 1.77 bits per heavy atom. The van der Waals surface area contributed by atoms with Crippen molar-refractivity contribution in [2.75, 3.05) is 33.2 Å². The van der Waals surface area contributed by atoms with Crippen LogP contribution in [0.2, 0.25) is 0 Å². The van der Waals surface area contributed by atoms with Gasteiger partial charge in [0.15, 0.2) is 11.5 Å². The number of ether oxygens (including phenoxy) is 3. The first-order chi connectivity index (χ1) is 14.4. The van der Waals surface area contributed by atoms with Gasteiger partial charge in [-0.1, -0.05) is 0 Å². The second kappa shape index (κ2) is 9.00. The minimum Gasteiger partial charge on any atom is -0.496 e. The zero-order valence-corrected chi connectivity index (χ0v) is 17.4. The number of hydrogen-bond donors (Lipinski definition) is 1. The molecule has 0 bridgehead atoms. The van der Waals surface area contributed by atoms with Gasteiger partial charge in [0.1, 0.15) is 11.4 Å². The largest absolute Gasteiger partial charge is 0.496 e. The average Bonchev–Trinajstić information content (AvgIpc) is 2.77. The molecule has 0 saturated carbocycles. The van der Waals surface area contributed by atoms with Crippen LogP contribution in [0, 0.1) is 10.1 Å². The van der Waals surface area contributed by atoms with Gasteiger partial charge in [0, 0.05) is 13.1 Å². The van der Waals surface area contributed by atoms with Gasteiger partial charge in [-0.3, -0.25) is 19.8 Å². The molecule has 1 aliphatic rings. The molecular formula is C21H25N3O6. The SMILES string of the molecule is COc1ccc(NC(=O)[C@@H](C)N2CCc3cc(OC)c(OC)cc3C2)c([N+](=O)[O-])c1. The van der Waals surface area contributed by atoms with Crippen LogP contribution >= 0.6 is 0 Å². The Hall–Kier alpha value is -3.33. The van der Waals surface area contributed by atoms with E-state index in [0.29, 0.717) is 30.3 Å². The molecule has 0 radical (unpaired) electrons. The first-order valence-electron chi connectivity index (χ1n) is 9.49. The normalized spacial score (nSPS) is 14.4. The third-order valence-electron chi connectivity index (χ3n) is 5.33. The maximum absolute atomic E-state index is 12.8. The second-order valence-corrected chi connectivity index (χ2v) is 7.00. The van der Waals surface area contributed by atoms with Crippen LogP contribution in [0.25, 0.3) is 0 Å². The lowest BCUT2D eigenvalue weighted by molar-refractivity contribution is -0.384. The molecule has 9 heteroatoms. The Balaban J connectivity index is 1.76. The molecular weight excluding hydrogens is 390 g/mol. The average molecular weight is 415 g/mol. The van der Waals surface area contributed by atoms with E-state index < -0.39 is 11.0 Å². The molecule has 0 unspecified atom stereocenters. The van der Waals surface area contributed by atoms with E-state index in [1.54, 1.807) is 27.2 Å². The van der Waals surface area contributed by atoms with Crippen LogP contribution in [0.15, 0.2) is 30.3 Å². The van der Waals surface area contributed by atoms with Crippen molar-refractivity contribution in [1.82, 2.24) is 4.90 Å². The molecule has 160 valence electrons. The van der Waals surface area contributed by atoms with Crippen LogP contribution in [0.3, 0.4) is 0 Å². The number of amides is 1. The van der Waals surface area contributed by atoms with E-state index in [1.165, 1.54) is 19.2 Å². The van der Waals surface area contributed by atoms with Gasteiger partial charge < -0.3 is 19.5 Å². The monoisotopic (exact) mass is 415 g/mol. The van der Waals surface area contributed by atoms with E-state index in [-0.39, 0.29) is 17.3 Å². The summed E-state index contributed by atoms with van der Waals surface area (Å²) in [7, 11) is 4.62. The molecule has 0 spiro atoms. The molecule has 2 aromatic carbocycles. The van der Waals surface area contributed by atoms with Gasteiger partial charge in [-0.05, 0) is 48.7 Å². The van der Waals surface area contributed by atoms with Gasteiger partial charge in [-0.15, -0.1) is 0 Å². The van der Waals surface area contributed by atoms with Gasteiger partial charge in [0.2, 0.25) is 5.91 Å². The topological polar surface area (TPSA) is 103 Å². The van der Waals surface area contributed by atoms with Crippen LogP contribution in [-0.2, 0) is 17.8 Å². The second-order valence-electron chi connectivity index (χ2n) is 7.00. The fourth-order valence-corrected chi connectivity index (χ4v) is 3.53. The Kier molecular flexibility index (Phi) is 6.41. The lowest BCUT2D eigenvalue weighted by Gasteiger charge is -2.33. The zero-order valence-electron chi connectivity index (χ0n) is 17.4. The van der Waals surface area contributed by atoms with Crippen LogP contribution < -0.4 is 19.5 Å². The number of fused-ring (bicyclic) bond motifs is 1. The Bertz CT molecular complexity index is 962. The number of methoxy groups -OCH3 is 3. The Labute approximate surface area is 174 Å². The first kappa shape index (κ1) is 21.4. The van der Waals surface area contributed by atoms with Crippen LogP contribution in [0.1, 0.15) is 18.1 Å². The Morgan fingerprint density at radius 3 is 2.37 bits per heavy atom. The minimum atomic E-state index is -0.542. The number of nitrogens with one attached hydrogen (secondary N) is 1. The van der Waals surface area contributed by atoms with E-state index in [2.05, 4.69) is 5.32 Å². The van der Waals surface area contributed by atoms with Crippen molar-refractivity contribution in [1.29, 1.82) is 0 Å². The zero-order chi connectivity index (χ0) is 21.8. The number of anilines is 1. The summed E-state index contributed by atoms with van der Waals surface area (Å²) in [6, 6.07) is 7.76. The third-order valence-corrected chi connectivity index (χ3v) is 5.33. The predicted molar refractivity (Wildman–Crippen MR) is 111 cm³/mol. The van der Waals surface area contributed by atoms with Crippen molar-refractivity contribution in [2.24, 2.45) is 0 Å². The summed E-state index contributed by atoms with van der Waals surface area (Å²) < 4.78 is 15.8. The van der Waals surface area contributed by atoms with E-state index >= 15 is 0 Å². The number of rotatable bonds is 7. The van der Waals surface area contributed by atoms with Crippen molar-refractivity contribution in [3.05, 3.63) is 51.6 Å². The number of nitro benzene ring substituents is 1. The quantitative estimate of drug-likeness (QED) is 0.548. The van der Waals surface area contributed by atoms with Crippen molar-refractivity contribution in [3.8, 4) is 17.2 Å². The fraction of sp³-hybridized carbons (Fsp3) is 0.381. The van der Waals surface area contributed by atoms with Gasteiger partial charge in [-0.25, -0.2) is 0 Å². The molecule has 1 atom stereocenters. The van der Waals surface area contributed by atoms with Crippen LogP contribution in [0.5, 0.6) is 17.2 Å². The number of nitro groups is 1. The van der Waals surface area contributed by atoms with E-state index in [0.717, 1.165) is 17.5 Å². The summed E-state index contributed by atoms with van der Waals surface area (Å²) >= 11 is 0. The highest BCUT2D eigenvalue weighted by molar-refractivity contribution is 5.96. The number of nitrogens with zero attached hydrogens (tertiary/aromatic N) is 2. The molecule has 2 aromatic rings. The molecule has 1 amide bonds. The molecule has 0 aliphatic carbocycles. The van der Waals surface area contributed by atoms with Crippen molar-refractivity contribution in [2.45, 2.75) is 25.9 Å². The molecule has 3 rings (SSSR count). The Morgan fingerprint density at radius 1 is 1.10 bits per heavy atom. The number of hydrogen-bond acceptors (Lipinski definition) is 7. The summed E-state index contributed by atoms with van der Waals surface area (Å²) in [4.78, 5) is 25.7. The lowest BCUT2D eigenvalue weighted by Crippen LogP contribution is -2.44. The van der Waals surface area contributed by atoms with Gasteiger partial charge in [0.25, 0.3) is 5.69 Å². The maximum atomic E-state index is 12.8. The summed E-state index contributed by atoms with van der Waals surface area (Å²) in [6.45, 7) is 3.03. The van der Waals surface area contributed by atoms with E-state index in [9.17, 15) is 14.9 Å². The molecule has 30 heavy (non-hydrogen) atoms. The van der Waals surface area contributed by atoms with Crippen molar-refractivity contribution in [3.63, 3.8) is 0 Å². The van der Waals surface area contributed by atoms with Crippen molar-refractivity contribution >= 4 is 17.3 Å². The van der Waals surface area contributed by atoms with Crippen LogP contribution in [0.4, 0.5) is 11.4 Å². The summed E-state index contributed by atoms with van der Waals surface area (Å²) in [6.07, 6.45) is 0.760. The standard InChI is InChI=1S/C21H25N3O6/c1-13(21(25)22-17-6-5-16(28-2)11-18(17)24(26)27)23-8-7-14-9-19(29-3)20(30-4)10-15(14)12-23/h5-6,9-11,13H,7-8,12H2,1-4H3,(H,22,25)/t13-/m1/s1. The highest BCUT2D eigenvalue weighted by atomic mass is 16.6. The van der Waals surface area contributed by atoms with E-state index in [4.69, 9.17) is 14.2 Å². The number of carbonyl (C=O) groups is 1. The molecule has 1 heterocycles. The van der Waals surface area contributed by atoms with Gasteiger partial charge in [0.05, 0.1) is 38.4 Å².